The van der Waals surface area contributed by atoms with Gasteiger partial charge in [0.05, 0.1) is 33.3 Å². The largest absolute Gasteiger partial charge is 0.488 e. The smallest absolute Gasteiger partial charge is 0.156 e. The predicted octanol–water partition coefficient (Wildman–Crippen LogP) is 5.52. The van der Waals surface area contributed by atoms with Crippen molar-refractivity contribution in [2.24, 2.45) is 0 Å². The summed E-state index contributed by atoms with van der Waals surface area (Å²) in [5.74, 6) is 0.878. The van der Waals surface area contributed by atoms with Gasteiger partial charge in [-0.3, -0.25) is 0 Å². The molecule has 0 N–H and O–H groups in total. The first-order chi connectivity index (χ1) is 12.5. The van der Waals surface area contributed by atoms with E-state index in [1.54, 1.807) is 24.3 Å². The van der Waals surface area contributed by atoms with Crippen molar-refractivity contribution in [2.75, 3.05) is 26.4 Å². The maximum Gasteiger partial charge on any atom is 0.156 e. The molecule has 0 aliphatic carbocycles. The number of ether oxygens (including phenoxy) is 4. The summed E-state index contributed by atoms with van der Waals surface area (Å²) in [4.78, 5) is 0. The Hall–Kier alpha value is -0.880. The fourth-order valence-electron chi connectivity index (χ4n) is 2.41. The zero-order valence-corrected chi connectivity index (χ0v) is 16.5. The molecule has 0 saturated carbocycles. The third-order valence-corrected chi connectivity index (χ3v) is 5.08. The quantitative estimate of drug-likeness (QED) is 0.537. The van der Waals surface area contributed by atoms with Crippen molar-refractivity contribution in [3.05, 3.63) is 44.4 Å². The highest BCUT2D eigenvalue weighted by atomic mass is 35.5. The van der Waals surface area contributed by atoms with E-state index in [-0.39, 0.29) is 12.2 Å². The van der Waals surface area contributed by atoms with Crippen LogP contribution in [0.2, 0.25) is 20.1 Å². The standard InChI is InChI=1S/C18H14Cl4O4/c19-13-1-9(2-14(20)17(13)25-7-11-5-23-11)10-3-15(21)18(16(22)4-10)26-8-12-6-24-12/h1-4,11-12H,5-8H2. The average Bonchev–Trinajstić information content (AvgIpc) is 3.47. The van der Waals surface area contributed by atoms with Gasteiger partial charge in [0.1, 0.15) is 25.4 Å². The van der Waals surface area contributed by atoms with Crippen LogP contribution >= 0.6 is 46.4 Å². The maximum atomic E-state index is 6.34. The Balaban J connectivity index is 1.57. The fraction of sp³-hybridized carbons (Fsp3) is 0.333. The van der Waals surface area contributed by atoms with Gasteiger partial charge in [-0.1, -0.05) is 46.4 Å². The summed E-state index contributed by atoms with van der Waals surface area (Å²) in [5, 5.41) is 1.64. The van der Waals surface area contributed by atoms with Gasteiger partial charge in [-0.05, 0) is 35.4 Å². The lowest BCUT2D eigenvalue weighted by Crippen LogP contribution is -2.05. The van der Waals surface area contributed by atoms with Crippen molar-refractivity contribution < 1.29 is 18.9 Å². The molecule has 0 aromatic heterocycles. The molecular formula is C18H14Cl4O4. The number of benzene rings is 2. The average molecular weight is 436 g/mol. The minimum absolute atomic E-state index is 0.119. The number of epoxide rings is 2. The van der Waals surface area contributed by atoms with E-state index in [9.17, 15) is 0 Å². The number of hydrogen-bond donors (Lipinski definition) is 0. The van der Waals surface area contributed by atoms with Crippen molar-refractivity contribution in [3.8, 4) is 22.6 Å². The number of halogens is 4. The minimum Gasteiger partial charge on any atom is -0.488 e. The Kier molecular flexibility index (Phi) is 5.42. The van der Waals surface area contributed by atoms with Crippen molar-refractivity contribution in [1.82, 2.24) is 0 Å². The first-order valence-electron chi connectivity index (χ1n) is 7.98. The normalized spacial score (nSPS) is 20.8. The molecule has 2 unspecified atom stereocenters. The van der Waals surface area contributed by atoms with E-state index in [1.165, 1.54) is 0 Å². The SMILES string of the molecule is Clc1cc(-c2cc(Cl)c(OCC3CO3)c(Cl)c2)cc(Cl)c1OCC1CO1. The topological polar surface area (TPSA) is 43.5 Å². The lowest BCUT2D eigenvalue weighted by Gasteiger charge is -2.14. The Morgan fingerprint density at radius 3 is 1.27 bits per heavy atom. The maximum absolute atomic E-state index is 6.34. The molecule has 2 aliphatic heterocycles. The molecule has 0 radical (unpaired) electrons. The molecule has 2 atom stereocenters. The molecule has 4 rings (SSSR count). The molecule has 2 aromatic carbocycles. The van der Waals surface area contributed by atoms with E-state index in [0.29, 0.717) is 58.0 Å². The molecule has 2 aliphatic rings. The zero-order chi connectivity index (χ0) is 18.3. The second kappa shape index (κ2) is 7.63. The van der Waals surface area contributed by atoms with Crippen molar-refractivity contribution >= 4 is 46.4 Å². The molecular weight excluding hydrogens is 422 g/mol. The van der Waals surface area contributed by atoms with E-state index in [2.05, 4.69) is 0 Å². The van der Waals surface area contributed by atoms with Crippen LogP contribution in [-0.2, 0) is 9.47 Å². The number of rotatable bonds is 7. The Morgan fingerprint density at radius 1 is 0.692 bits per heavy atom. The fourth-order valence-corrected chi connectivity index (χ4v) is 3.60. The van der Waals surface area contributed by atoms with Crippen LogP contribution in [0.4, 0.5) is 0 Å². The van der Waals surface area contributed by atoms with Crippen LogP contribution in [-0.4, -0.2) is 38.6 Å². The lowest BCUT2D eigenvalue weighted by molar-refractivity contribution is 0.263. The number of hydrogen-bond acceptors (Lipinski definition) is 4. The molecule has 138 valence electrons. The second-order valence-electron chi connectivity index (χ2n) is 6.07. The highest BCUT2D eigenvalue weighted by Gasteiger charge is 2.25. The van der Waals surface area contributed by atoms with Gasteiger partial charge in [-0.2, -0.15) is 0 Å². The minimum atomic E-state index is 0.119. The highest BCUT2D eigenvalue weighted by Crippen LogP contribution is 2.42. The lowest BCUT2D eigenvalue weighted by atomic mass is 10.1. The van der Waals surface area contributed by atoms with Gasteiger partial charge in [0.15, 0.2) is 11.5 Å². The third-order valence-electron chi connectivity index (χ3n) is 3.96. The molecule has 0 bridgehead atoms. The van der Waals surface area contributed by atoms with Crippen LogP contribution in [0.15, 0.2) is 24.3 Å². The van der Waals surface area contributed by atoms with Gasteiger partial charge >= 0.3 is 0 Å². The second-order valence-corrected chi connectivity index (χ2v) is 7.70. The van der Waals surface area contributed by atoms with Gasteiger partial charge in [0, 0.05) is 0 Å². The molecule has 2 saturated heterocycles. The van der Waals surface area contributed by atoms with Gasteiger partial charge < -0.3 is 18.9 Å². The van der Waals surface area contributed by atoms with Gasteiger partial charge in [0.2, 0.25) is 0 Å². The molecule has 0 amide bonds. The van der Waals surface area contributed by atoms with E-state index < -0.39 is 0 Å². The third kappa shape index (κ3) is 4.33. The van der Waals surface area contributed by atoms with Crippen LogP contribution in [0.5, 0.6) is 11.5 Å². The zero-order valence-electron chi connectivity index (χ0n) is 13.4. The summed E-state index contributed by atoms with van der Waals surface area (Å²) in [6, 6.07) is 7.04. The molecule has 2 heterocycles. The van der Waals surface area contributed by atoms with Crippen molar-refractivity contribution in [2.45, 2.75) is 12.2 Å². The van der Waals surface area contributed by atoms with E-state index >= 15 is 0 Å². The van der Waals surface area contributed by atoms with Crippen molar-refractivity contribution in [1.29, 1.82) is 0 Å². The Morgan fingerprint density at radius 2 is 1.00 bits per heavy atom. The Labute approximate surface area is 170 Å². The van der Waals surface area contributed by atoms with Crippen LogP contribution < -0.4 is 9.47 Å². The van der Waals surface area contributed by atoms with E-state index in [1.807, 2.05) is 0 Å². The molecule has 4 nitrogen and oxygen atoms in total. The van der Waals surface area contributed by atoms with E-state index in [4.69, 9.17) is 65.4 Å². The van der Waals surface area contributed by atoms with Crippen LogP contribution in [0, 0.1) is 0 Å². The van der Waals surface area contributed by atoms with E-state index in [0.717, 1.165) is 11.1 Å². The monoisotopic (exact) mass is 434 g/mol. The van der Waals surface area contributed by atoms with Crippen LogP contribution in [0.25, 0.3) is 11.1 Å². The van der Waals surface area contributed by atoms with Crippen LogP contribution in [0.1, 0.15) is 0 Å². The Bertz CT molecular complexity index is 718. The van der Waals surface area contributed by atoms with Gasteiger partial charge in [-0.25, -0.2) is 0 Å². The predicted molar refractivity (Wildman–Crippen MR) is 102 cm³/mol. The summed E-state index contributed by atoms with van der Waals surface area (Å²) in [7, 11) is 0. The first kappa shape index (κ1) is 18.5. The van der Waals surface area contributed by atoms with Gasteiger partial charge in [-0.15, -0.1) is 0 Å². The van der Waals surface area contributed by atoms with Gasteiger partial charge in [0.25, 0.3) is 0 Å². The summed E-state index contributed by atoms with van der Waals surface area (Å²) < 4.78 is 21.5. The molecule has 8 heteroatoms. The molecule has 2 aromatic rings. The summed E-state index contributed by atoms with van der Waals surface area (Å²) in [6.45, 7) is 2.25. The summed E-state index contributed by atoms with van der Waals surface area (Å²) >= 11 is 25.3. The highest BCUT2D eigenvalue weighted by molar-refractivity contribution is 6.38. The first-order valence-corrected chi connectivity index (χ1v) is 9.49. The summed E-state index contributed by atoms with van der Waals surface area (Å²) in [5.41, 5.74) is 1.55. The molecule has 2 fully saturated rings. The van der Waals surface area contributed by atoms with Crippen LogP contribution in [0.3, 0.4) is 0 Å². The molecule has 0 spiro atoms. The summed E-state index contributed by atoms with van der Waals surface area (Å²) in [6.07, 6.45) is 0.237. The van der Waals surface area contributed by atoms with Crippen molar-refractivity contribution in [3.63, 3.8) is 0 Å². The molecule has 26 heavy (non-hydrogen) atoms.